The summed E-state index contributed by atoms with van der Waals surface area (Å²) >= 11 is 0. The molecule has 0 aliphatic carbocycles. The van der Waals surface area contributed by atoms with E-state index in [2.05, 4.69) is 4.72 Å². The molecule has 27 heavy (non-hydrogen) atoms. The van der Waals surface area contributed by atoms with E-state index in [1.165, 1.54) is 13.2 Å². The van der Waals surface area contributed by atoms with Crippen LogP contribution >= 0.6 is 0 Å². The Labute approximate surface area is 157 Å². The number of fused-ring (bicyclic) bond motifs is 1. The largest absolute Gasteiger partial charge is 0.495 e. The van der Waals surface area contributed by atoms with E-state index in [0.29, 0.717) is 0 Å². The summed E-state index contributed by atoms with van der Waals surface area (Å²) in [7, 11) is -2.66. The van der Waals surface area contributed by atoms with Gasteiger partial charge in [0.25, 0.3) is 0 Å². The van der Waals surface area contributed by atoms with Crippen LogP contribution in [-0.4, -0.2) is 27.2 Å². The van der Waals surface area contributed by atoms with Gasteiger partial charge < -0.3 is 9.84 Å². The molecule has 0 radical (unpaired) electrons. The van der Waals surface area contributed by atoms with Crippen LogP contribution in [0, 0.1) is 5.82 Å². The molecule has 5 nitrogen and oxygen atoms in total. The predicted octanol–water partition coefficient (Wildman–Crippen LogP) is 3.39. The van der Waals surface area contributed by atoms with Crippen LogP contribution in [-0.2, 0) is 10.0 Å². The van der Waals surface area contributed by atoms with Crippen LogP contribution in [0.15, 0.2) is 65.6 Å². The van der Waals surface area contributed by atoms with Crippen LogP contribution in [0.3, 0.4) is 0 Å². The van der Waals surface area contributed by atoms with Crippen LogP contribution in [0.2, 0.25) is 0 Å². The summed E-state index contributed by atoms with van der Waals surface area (Å²) in [5.41, 5.74) is 0.732. The van der Waals surface area contributed by atoms with E-state index >= 15 is 0 Å². The average molecular weight is 389 g/mol. The highest BCUT2D eigenvalue weighted by Crippen LogP contribution is 2.27. The number of hydrogen-bond acceptors (Lipinski definition) is 4. The van der Waals surface area contributed by atoms with Crippen molar-refractivity contribution in [3.8, 4) is 5.75 Å². The van der Waals surface area contributed by atoms with Crippen molar-refractivity contribution in [3.05, 3.63) is 72.0 Å². The molecule has 0 bridgehead atoms. The molecule has 2 N–H and O–H groups in total. The molecule has 0 saturated heterocycles. The smallest absolute Gasteiger partial charge is 0.244 e. The lowest BCUT2D eigenvalue weighted by molar-refractivity contribution is 0.170. The van der Waals surface area contributed by atoms with Gasteiger partial charge in [-0.3, -0.25) is 0 Å². The van der Waals surface area contributed by atoms with Crippen LogP contribution in [0.25, 0.3) is 10.8 Å². The quantitative estimate of drug-likeness (QED) is 0.650. The maximum absolute atomic E-state index is 13.4. The molecule has 1 unspecified atom stereocenters. The Balaban J connectivity index is 1.73. The summed E-state index contributed by atoms with van der Waals surface area (Å²) in [6, 6.07) is 16.6. The fourth-order valence-corrected chi connectivity index (χ4v) is 4.19. The van der Waals surface area contributed by atoms with Gasteiger partial charge in [0, 0.05) is 6.54 Å². The number of nitrogens with one attached hydrogen (secondary N) is 1. The van der Waals surface area contributed by atoms with Gasteiger partial charge in [0.2, 0.25) is 10.0 Å². The molecule has 3 aromatic rings. The molecule has 0 aromatic heterocycles. The molecule has 3 rings (SSSR count). The SMILES string of the molecule is COc1ccc(F)cc1S(=O)(=O)NCCC(O)c1cccc2ccccc12. The standard InChI is InChI=1S/C20H20FNO4S/c1-26-19-10-9-15(21)13-20(19)27(24,25)22-12-11-18(23)17-8-4-6-14-5-2-3-7-16(14)17/h2-10,13,18,22-23H,11-12H2,1H3. The van der Waals surface area contributed by atoms with Crippen molar-refractivity contribution in [3.63, 3.8) is 0 Å². The van der Waals surface area contributed by atoms with Crippen LogP contribution < -0.4 is 9.46 Å². The van der Waals surface area contributed by atoms with Crippen molar-refractivity contribution in [1.82, 2.24) is 4.72 Å². The van der Waals surface area contributed by atoms with Gasteiger partial charge in [-0.05, 0) is 41.0 Å². The van der Waals surface area contributed by atoms with Gasteiger partial charge >= 0.3 is 0 Å². The number of sulfonamides is 1. The van der Waals surface area contributed by atoms with Gasteiger partial charge in [0.1, 0.15) is 16.5 Å². The van der Waals surface area contributed by atoms with Crippen molar-refractivity contribution in [2.45, 2.75) is 17.4 Å². The van der Waals surface area contributed by atoms with Gasteiger partial charge in [0.05, 0.1) is 13.2 Å². The van der Waals surface area contributed by atoms with Gasteiger partial charge in [-0.2, -0.15) is 0 Å². The first-order chi connectivity index (χ1) is 12.9. The minimum Gasteiger partial charge on any atom is -0.495 e. The third-order valence-electron chi connectivity index (χ3n) is 4.31. The lowest BCUT2D eigenvalue weighted by Crippen LogP contribution is -2.26. The van der Waals surface area contributed by atoms with E-state index in [1.807, 2.05) is 42.5 Å². The maximum Gasteiger partial charge on any atom is 0.244 e. The average Bonchev–Trinajstić information content (AvgIpc) is 2.67. The third-order valence-corrected chi connectivity index (χ3v) is 5.79. The van der Waals surface area contributed by atoms with Crippen molar-refractivity contribution in [1.29, 1.82) is 0 Å². The third kappa shape index (κ3) is 4.27. The second-order valence-corrected chi connectivity index (χ2v) is 7.80. The summed E-state index contributed by atoms with van der Waals surface area (Å²) in [6.07, 6.45) is -0.668. The molecule has 0 heterocycles. The first-order valence-electron chi connectivity index (χ1n) is 8.41. The number of methoxy groups -OCH3 is 1. The molecular weight excluding hydrogens is 369 g/mol. The predicted molar refractivity (Wildman–Crippen MR) is 102 cm³/mol. The number of ether oxygens (including phenoxy) is 1. The van der Waals surface area contributed by atoms with Gasteiger partial charge in [0.15, 0.2) is 0 Å². The molecule has 3 aromatic carbocycles. The summed E-state index contributed by atoms with van der Waals surface area (Å²) < 4.78 is 45.7. The normalized spacial score (nSPS) is 12.9. The summed E-state index contributed by atoms with van der Waals surface area (Å²) in [4.78, 5) is -0.273. The molecular formula is C20H20FNO4S. The molecule has 0 aliphatic heterocycles. The van der Waals surface area contributed by atoms with E-state index in [0.717, 1.165) is 28.5 Å². The van der Waals surface area contributed by atoms with Crippen LogP contribution in [0.5, 0.6) is 5.75 Å². The fourth-order valence-electron chi connectivity index (χ4n) is 2.96. The van der Waals surface area contributed by atoms with E-state index < -0.39 is 21.9 Å². The zero-order valence-corrected chi connectivity index (χ0v) is 15.5. The highest BCUT2D eigenvalue weighted by atomic mass is 32.2. The highest BCUT2D eigenvalue weighted by molar-refractivity contribution is 7.89. The van der Waals surface area contributed by atoms with E-state index in [9.17, 15) is 17.9 Å². The summed E-state index contributed by atoms with van der Waals surface area (Å²) in [6.45, 7) is -0.00755. The molecule has 1 atom stereocenters. The zero-order valence-electron chi connectivity index (χ0n) is 14.7. The number of aliphatic hydroxyl groups is 1. The number of rotatable bonds is 7. The zero-order chi connectivity index (χ0) is 19.4. The monoisotopic (exact) mass is 389 g/mol. The van der Waals surface area contributed by atoms with Gasteiger partial charge in [-0.15, -0.1) is 0 Å². The van der Waals surface area contributed by atoms with Crippen molar-refractivity contribution in [2.24, 2.45) is 0 Å². The maximum atomic E-state index is 13.4. The van der Waals surface area contributed by atoms with E-state index in [-0.39, 0.29) is 23.6 Å². The molecule has 0 spiro atoms. The topological polar surface area (TPSA) is 75.6 Å². The molecule has 142 valence electrons. The van der Waals surface area contributed by atoms with Crippen molar-refractivity contribution in [2.75, 3.05) is 13.7 Å². The first kappa shape index (κ1) is 19.3. The van der Waals surface area contributed by atoms with Gasteiger partial charge in [-0.1, -0.05) is 42.5 Å². The fraction of sp³-hybridized carbons (Fsp3) is 0.200. The summed E-state index contributed by atoms with van der Waals surface area (Å²) in [5.74, 6) is -0.620. The van der Waals surface area contributed by atoms with Crippen molar-refractivity contribution >= 4 is 20.8 Å². The molecule has 0 amide bonds. The second kappa shape index (κ2) is 8.04. The Kier molecular flexibility index (Phi) is 5.74. The first-order valence-corrected chi connectivity index (χ1v) is 9.89. The number of halogens is 1. The van der Waals surface area contributed by atoms with E-state index in [4.69, 9.17) is 4.74 Å². The summed E-state index contributed by atoms with van der Waals surface area (Å²) in [5, 5.41) is 12.4. The molecule has 7 heteroatoms. The molecule has 0 aliphatic rings. The Morgan fingerprint density at radius 2 is 1.85 bits per heavy atom. The number of aliphatic hydroxyl groups excluding tert-OH is 1. The minimum absolute atomic E-state index is 0.00755. The van der Waals surface area contributed by atoms with E-state index in [1.54, 1.807) is 0 Å². The molecule has 0 saturated carbocycles. The Morgan fingerprint density at radius 1 is 1.11 bits per heavy atom. The molecule has 0 fully saturated rings. The van der Waals surface area contributed by atoms with Crippen LogP contribution in [0.4, 0.5) is 4.39 Å². The Hall–Kier alpha value is -2.48. The number of hydrogen-bond donors (Lipinski definition) is 2. The lowest BCUT2D eigenvalue weighted by Gasteiger charge is -2.15. The second-order valence-electron chi connectivity index (χ2n) is 6.07. The van der Waals surface area contributed by atoms with Crippen LogP contribution in [0.1, 0.15) is 18.1 Å². The Morgan fingerprint density at radius 3 is 2.63 bits per heavy atom. The number of benzene rings is 3. The van der Waals surface area contributed by atoms with Crippen molar-refractivity contribution < 1.29 is 22.7 Å². The highest BCUT2D eigenvalue weighted by Gasteiger charge is 2.21. The van der Waals surface area contributed by atoms with Gasteiger partial charge in [-0.25, -0.2) is 17.5 Å². The Bertz CT molecular complexity index is 1050. The lowest BCUT2D eigenvalue weighted by atomic mass is 9.99. The minimum atomic E-state index is -3.97.